The van der Waals surface area contributed by atoms with Crippen LogP contribution >= 0.6 is 0 Å². The number of benzene rings is 1. The Kier molecular flexibility index (Phi) is 8.66. The zero-order chi connectivity index (χ0) is 40.7. The number of hydrogen-bond acceptors (Lipinski definition) is 4. The summed E-state index contributed by atoms with van der Waals surface area (Å²) >= 11 is 0. The molecule has 0 saturated carbocycles. The van der Waals surface area contributed by atoms with E-state index in [9.17, 15) is 0 Å². The smallest absolute Gasteiger partial charge is 0.154 e. The lowest BCUT2D eigenvalue weighted by molar-refractivity contribution is 0.304. The molecule has 306 valence electrons. The number of nitrogens with zero attached hydrogens (tertiary/aromatic N) is 4. The first-order valence-corrected chi connectivity index (χ1v) is 23.4. The second-order valence-corrected chi connectivity index (χ2v) is 18.9. The lowest BCUT2D eigenvalue weighted by Gasteiger charge is -2.40. The molecule has 5 nitrogen and oxygen atoms in total. The maximum absolute atomic E-state index is 5.41. The van der Waals surface area contributed by atoms with Gasteiger partial charge in [-0.1, -0.05) is 140 Å². The molecule has 0 bridgehead atoms. The molecule has 1 aromatic heterocycles. The van der Waals surface area contributed by atoms with Crippen LogP contribution in [0.2, 0.25) is 0 Å². The Bertz CT molecular complexity index is 2800. The van der Waals surface area contributed by atoms with Gasteiger partial charge in [0.05, 0.1) is 12.1 Å². The van der Waals surface area contributed by atoms with Crippen molar-refractivity contribution in [3.63, 3.8) is 0 Å². The Balaban J connectivity index is 0.897. The molecular weight excluding hydrogens is 755 g/mol. The number of amidine groups is 2. The highest BCUT2D eigenvalue weighted by Gasteiger charge is 2.47. The summed E-state index contributed by atoms with van der Waals surface area (Å²) in [6.45, 7) is 0. The predicted molar refractivity (Wildman–Crippen MR) is 255 cm³/mol. The van der Waals surface area contributed by atoms with E-state index in [1.165, 1.54) is 56.2 Å². The van der Waals surface area contributed by atoms with E-state index in [4.69, 9.17) is 9.98 Å². The summed E-state index contributed by atoms with van der Waals surface area (Å²) in [6.07, 6.45) is 61.5. The van der Waals surface area contributed by atoms with E-state index in [1.54, 1.807) is 11.1 Å². The molecule has 0 spiro atoms. The van der Waals surface area contributed by atoms with Gasteiger partial charge in [0, 0.05) is 52.9 Å². The van der Waals surface area contributed by atoms with Crippen LogP contribution in [0.25, 0.3) is 18.2 Å². The van der Waals surface area contributed by atoms with Gasteiger partial charge in [0.2, 0.25) is 0 Å². The molecule has 62 heavy (non-hydrogen) atoms. The lowest BCUT2D eigenvalue weighted by atomic mass is 9.75. The molecule has 13 rings (SSSR count). The fraction of sp³-hybridized carbons (Fsp3) is 0.298. The maximum Gasteiger partial charge on any atom is 0.154 e. The summed E-state index contributed by atoms with van der Waals surface area (Å²) in [4.78, 5) is 13.6. The fourth-order valence-electron chi connectivity index (χ4n) is 12.5. The Morgan fingerprint density at radius 2 is 1.65 bits per heavy atom. The first-order valence-electron chi connectivity index (χ1n) is 23.4. The van der Waals surface area contributed by atoms with Crippen LogP contribution in [0.15, 0.2) is 183 Å². The quantitative estimate of drug-likeness (QED) is 0.327. The molecule has 0 fully saturated rings. The van der Waals surface area contributed by atoms with E-state index < -0.39 is 0 Å². The van der Waals surface area contributed by atoms with Crippen LogP contribution in [0.3, 0.4) is 0 Å². The molecule has 0 radical (unpaired) electrons. The van der Waals surface area contributed by atoms with Crippen LogP contribution in [-0.4, -0.2) is 33.3 Å². The molecule has 3 heterocycles. The van der Waals surface area contributed by atoms with Gasteiger partial charge < -0.3 is 14.8 Å². The lowest BCUT2D eigenvalue weighted by Crippen LogP contribution is -2.45. The van der Waals surface area contributed by atoms with Crippen LogP contribution in [0.5, 0.6) is 0 Å². The normalized spacial score (nSPS) is 31.6. The first-order chi connectivity index (χ1) is 30.7. The van der Waals surface area contributed by atoms with Crippen LogP contribution in [0.1, 0.15) is 90.5 Å². The van der Waals surface area contributed by atoms with Crippen LogP contribution in [-0.2, 0) is 12.8 Å². The molecular formula is C57H53N5. The molecule has 0 amide bonds. The Labute approximate surface area is 365 Å². The van der Waals surface area contributed by atoms with Crippen LogP contribution < -0.4 is 5.32 Å². The summed E-state index contributed by atoms with van der Waals surface area (Å²) in [5.74, 6) is 3.87. The largest absolute Gasteiger partial charge is 0.348 e. The minimum absolute atomic E-state index is 0.0944. The van der Waals surface area contributed by atoms with E-state index in [-0.39, 0.29) is 24.2 Å². The van der Waals surface area contributed by atoms with E-state index in [1.807, 2.05) is 0 Å². The van der Waals surface area contributed by atoms with Crippen molar-refractivity contribution in [1.82, 2.24) is 14.8 Å². The van der Waals surface area contributed by atoms with E-state index in [2.05, 4.69) is 173 Å². The van der Waals surface area contributed by atoms with Gasteiger partial charge in [0.15, 0.2) is 5.84 Å². The van der Waals surface area contributed by atoms with Gasteiger partial charge >= 0.3 is 0 Å². The molecule has 1 aromatic carbocycles. The maximum atomic E-state index is 5.41. The van der Waals surface area contributed by atoms with Gasteiger partial charge in [-0.3, -0.25) is 0 Å². The second kappa shape index (κ2) is 14.7. The molecule has 8 atom stereocenters. The van der Waals surface area contributed by atoms with Gasteiger partial charge in [-0.2, -0.15) is 0 Å². The van der Waals surface area contributed by atoms with Gasteiger partial charge in [-0.15, -0.1) is 0 Å². The monoisotopic (exact) mass is 807 g/mol. The van der Waals surface area contributed by atoms with Crippen LogP contribution in [0, 0.1) is 23.7 Å². The third-order valence-corrected chi connectivity index (χ3v) is 15.5. The average molecular weight is 808 g/mol. The highest BCUT2D eigenvalue weighted by Crippen LogP contribution is 2.56. The number of fused-ring (bicyclic) bond motifs is 9. The minimum Gasteiger partial charge on any atom is -0.348 e. The third-order valence-electron chi connectivity index (χ3n) is 15.5. The van der Waals surface area contributed by atoms with Crippen molar-refractivity contribution in [2.45, 2.75) is 82.0 Å². The third kappa shape index (κ3) is 5.87. The second-order valence-electron chi connectivity index (χ2n) is 18.9. The van der Waals surface area contributed by atoms with Crippen molar-refractivity contribution in [1.29, 1.82) is 0 Å². The summed E-state index contributed by atoms with van der Waals surface area (Å²) in [5.41, 5.74) is 17.2. The molecule has 2 aromatic rings. The van der Waals surface area contributed by atoms with Crippen molar-refractivity contribution in [3.05, 3.63) is 207 Å². The summed E-state index contributed by atoms with van der Waals surface area (Å²) in [6, 6.07) is 9.15. The highest BCUT2D eigenvalue weighted by atomic mass is 15.3. The molecule has 8 unspecified atom stereocenters. The van der Waals surface area contributed by atoms with Crippen molar-refractivity contribution in [2.75, 3.05) is 0 Å². The minimum atomic E-state index is -0.0944. The molecule has 5 heteroatoms. The predicted octanol–water partition coefficient (Wildman–Crippen LogP) is 11.9. The van der Waals surface area contributed by atoms with Crippen molar-refractivity contribution in [3.8, 4) is 0 Å². The number of allylic oxidation sites excluding steroid dienone is 20. The van der Waals surface area contributed by atoms with E-state index in [0.29, 0.717) is 23.7 Å². The van der Waals surface area contributed by atoms with Gasteiger partial charge in [0.1, 0.15) is 12.0 Å². The van der Waals surface area contributed by atoms with Gasteiger partial charge in [-0.25, -0.2) is 9.98 Å². The SMILES string of the molecule is C1=CCCC(C2=NC(C3C=Cc4ccccc4C3)NC(C3=CC=CC(N4C5=CC6=CC=CCC6CC5C5=C4C(n4c6c(c7c4C=CC4C=CC=CC74)CCC=C6)CC=C5)C3)=N2)=C1. The fourth-order valence-corrected chi connectivity index (χ4v) is 12.5. The first kappa shape index (κ1) is 36.5. The Hall–Kier alpha value is -6.20. The average Bonchev–Trinajstić information content (AvgIpc) is 3.86. The summed E-state index contributed by atoms with van der Waals surface area (Å²) in [5, 5.41) is 3.94. The zero-order valence-corrected chi connectivity index (χ0v) is 35.3. The van der Waals surface area contributed by atoms with Crippen molar-refractivity contribution < 1.29 is 0 Å². The molecule has 2 aliphatic heterocycles. The van der Waals surface area contributed by atoms with Crippen molar-refractivity contribution in [2.24, 2.45) is 33.7 Å². The number of aromatic nitrogens is 1. The number of aliphatic imine (C=N–C) groups is 2. The van der Waals surface area contributed by atoms with Crippen molar-refractivity contribution >= 4 is 29.9 Å². The van der Waals surface area contributed by atoms with Gasteiger partial charge in [-0.05, 0) is 120 Å². The molecule has 11 aliphatic rings. The van der Waals surface area contributed by atoms with Crippen LogP contribution in [0.4, 0.5) is 0 Å². The number of nitrogens with one attached hydrogen (secondary N) is 1. The standard InChI is InChI=1S/C57H53N5/c1-2-16-38(17-3-1)55-58-56(60-57(59-55)43-29-28-36-14-4-5-18-39(36)32-43)42-21-12-22-44(33-42)61-52-35-41-20-7-6-19-40(41)34-48(52)46-25-13-27-51(54(46)61)62-49-26-11-10-24-47(49)53-45-23-9-8-15-37(45)30-31-50(53)62/h1-2,4-9,11-16,18,20-23,25-26,28-31,35,37,40,43-45,48,51,57H,3,10,17,19,24,27,32-34H2,(H,58,59,60). The van der Waals surface area contributed by atoms with Gasteiger partial charge in [0.25, 0.3) is 0 Å². The molecule has 0 saturated heterocycles. The Morgan fingerprint density at radius 3 is 2.61 bits per heavy atom. The summed E-state index contributed by atoms with van der Waals surface area (Å²) < 4.78 is 2.78. The topological polar surface area (TPSA) is 44.9 Å². The molecule has 9 aliphatic carbocycles. The number of hydrogen-bond donors (Lipinski definition) is 1. The number of rotatable bonds is 5. The Morgan fingerprint density at radius 1 is 0.726 bits per heavy atom. The molecule has 1 N–H and O–H groups in total. The highest BCUT2D eigenvalue weighted by molar-refractivity contribution is 6.13. The zero-order valence-electron chi connectivity index (χ0n) is 35.3. The summed E-state index contributed by atoms with van der Waals surface area (Å²) in [7, 11) is 0. The van der Waals surface area contributed by atoms with E-state index >= 15 is 0 Å². The van der Waals surface area contributed by atoms with E-state index in [0.717, 1.165) is 69.5 Å².